The van der Waals surface area contributed by atoms with Crippen molar-refractivity contribution in [2.75, 3.05) is 13.6 Å². The van der Waals surface area contributed by atoms with Gasteiger partial charge >= 0.3 is 0 Å². The molecule has 0 radical (unpaired) electrons. The fraction of sp³-hybridized carbons (Fsp3) is 0.769. The van der Waals surface area contributed by atoms with Crippen molar-refractivity contribution in [1.29, 1.82) is 0 Å². The number of aryl methyl sites for hydroxylation is 1. The third kappa shape index (κ3) is 3.06. The third-order valence-electron chi connectivity index (χ3n) is 3.87. The first-order chi connectivity index (χ1) is 8.08. The van der Waals surface area contributed by atoms with Crippen molar-refractivity contribution in [3.05, 3.63) is 16.1 Å². The largest absolute Gasteiger partial charge is 0.307 e. The average molecular weight is 253 g/mol. The van der Waals surface area contributed by atoms with Crippen LogP contribution < -0.4 is 5.32 Å². The zero-order valence-electron chi connectivity index (χ0n) is 11.2. The van der Waals surface area contributed by atoms with Crippen molar-refractivity contribution in [2.45, 2.75) is 51.7 Å². The van der Waals surface area contributed by atoms with Gasteiger partial charge in [-0.1, -0.05) is 0 Å². The van der Waals surface area contributed by atoms with Crippen molar-refractivity contribution in [3.8, 4) is 0 Å². The predicted molar refractivity (Wildman–Crippen MR) is 73.5 cm³/mol. The van der Waals surface area contributed by atoms with Gasteiger partial charge in [0.25, 0.3) is 0 Å². The van der Waals surface area contributed by atoms with E-state index in [0.29, 0.717) is 18.1 Å². The van der Waals surface area contributed by atoms with Crippen LogP contribution in [0.15, 0.2) is 5.51 Å². The highest BCUT2D eigenvalue weighted by atomic mass is 32.1. The second-order valence-electron chi connectivity index (χ2n) is 5.24. The van der Waals surface area contributed by atoms with E-state index in [-0.39, 0.29) is 0 Å². The molecule has 2 rings (SSSR count). The van der Waals surface area contributed by atoms with Crippen LogP contribution in [0.25, 0.3) is 0 Å². The summed E-state index contributed by atoms with van der Waals surface area (Å²) in [5.74, 6) is 0. The van der Waals surface area contributed by atoms with Gasteiger partial charge in [-0.2, -0.15) is 0 Å². The van der Waals surface area contributed by atoms with E-state index in [1.807, 2.05) is 5.51 Å². The normalized spacial score (nSPS) is 28.2. The van der Waals surface area contributed by atoms with Crippen LogP contribution in [0, 0.1) is 6.92 Å². The fourth-order valence-corrected chi connectivity index (χ4v) is 3.42. The molecule has 3 nitrogen and oxygen atoms in total. The van der Waals surface area contributed by atoms with Crippen molar-refractivity contribution in [2.24, 2.45) is 0 Å². The lowest BCUT2D eigenvalue weighted by Crippen LogP contribution is -2.46. The molecule has 17 heavy (non-hydrogen) atoms. The lowest BCUT2D eigenvalue weighted by molar-refractivity contribution is 0.163. The molecule has 0 aliphatic carbocycles. The molecule has 2 heterocycles. The quantitative estimate of drug-likeness (QED) is 0.897. The molecular formula is C13H23N3S. The predicted octanol–water partition coefficient (Wildman–Crippen LogP) is 2.58. The zero-order valence-corrected chi connectivity index (χ0v) is 12.0. The molecule has 1 aromatic heterocycles. The number of nitrogens with one attached hydrogen (secondary N) is 1. The third-order valence-corrected chi connectivity index (χ3v) is 4.98. The van der Waals surface area contributed by atoms with Gasteiger partial charge in [0, 0.05) is 23.0 Å². The van der Waals surface area contributed by atoms with Gasteiger partial charge in [-0.15, -0.1) is 11.3 Å². The number of piperidine rings is 1. The van der Waals surface area contributed by atoms with Gasteiger partial charge in [0.2, 0.25) is 0 Å². The molecule has 1 saturated heterocycles. The maximum Gasteiger partial charge on any atom is 0.0798 e. The second kappa shape index (κ2) is 5.46. The Morgan fingerprint density at radius 1 is 1.59 bits per heavy atom. The fourth-order valence-electron chi connectivity index (χ4n) is 2.60. The molecule has 0 spiro atoms. The summed E-state index contributed by atoms with van der Waals surface area (Å²) >= 11 is 1.76. The van der Waals surface area contributed by atoms with E-state index in [9.17, 15) is 0 Å². The standard InChI is InChI=1S/C13H23N3S/c1-9-7-12(5-6-16(9)4)15-11(3)13-10(2)14-8-17-13/h8-9,11-12,15H,5-7H2,1-4H3. The SMILES string of the molecule is Cc1ncsc1C(C)NC1CCN(C)C(C)C1. The molecular weight excluding hydrogens is 230 g/mol. The summed E-state index contributed by atoms with van der Waals surface area (Å²) in [4.78, 5) is 8.16. The number of likely N-dealkylation sites (tertiary alicyclic amines) is 1. The maximum absolute atomic E-state index is 4.33. The molecule has 1 aromatic rings. The van der Waals surface area contributed by atoms with Crippen LogP contribution in [0.2, 0.25) is 0 Å². The first-order valence-corrected chi connectivity index (χ1v) is 7.32. The number of thiazole rings is 1. The Labute approximate surface area is 108 Å². The highest BCUT2D eigenvalue weighted by molar-refractivity contribution is 7.09. The maximum atomic E-state index is 4.33. The van der Waals surface area contributed by atoms with Gasteiger partial charge in [-0.3, -0.25) is 0 Å². The Balaban J connectivity index is 1.91. The highest BCUT2D eigenvalue weighted by Crippen LogP contribution is 2.24. The molecule has 1 aliphatic rings. The summed E-state index contributed by atoms with van der Waals surface area (Å²) in [6, 6.07) is 1.77. The van der Waals surface area contributed by atoms with Gasteiger partial charge in [0.05, 0.1) is 11.2 Å². The van der Waals surface area contributed by atoms with Crippen LogP contribution in [-0.2, 0) is 0 Å². The topological polar surface area (TPSA) is 28.2 Å². The summed E-state index contributed by atoms with van der Waals surface area (Å²) in [6.07, 6.45) is 2.50. The van der Waals surface area contributed by atoms with Crippen molar-refractivity contribution < 1.29 is 0 Å². The molecule has 0 aromatic carbocycles. The molecule has 1 aliphatic heterocycles. The van der Waals surface area contributed by atoms with Gasteiger partial charge in [-0.25, -0.2) is 4.98 Å². The molecule has 3 atom stereocenters. The van der Waals surface area contributed by atoms with Crippen LogP contribution in [0.3, 0.4) is 0 Å². The van der Waals surface area contributed by atoms with E-state index >= 15 is 0 Å². The van der Waals surface area contributed by atoms with Crippen molar-refractivity contribution in [1.82, 2.24) is 15.2 Å². The molecule has 1 fully saturated rings. The van der Waals surface area contributed by atoms with E-state index < -0.39 is 0 Å². The lowest BCUT2D eigenvalue weighted by atomic mass is 9.98. The van der Waals surface area contributed by atoms with Crippen molar-refractivity contribution in [3.63, 3.8) is 0 Å². The summed E-state index contributed by atoms with van der Waals surface area (Å²) in [5, 5.41) is 3.76. The van der Waals surface area contributed by atoms with Gasteiger partial charge in [0.1, 0.15) is 0 Å². The smallest absolute Gasteiger partial charge is 0.0798 e. The van der Waals surface area contributed by atoms with E-state index in [4.69, 9.17) is 0 Å². The number of hydrogen-bond donors (Lipinski definition) is 1. The molecule has 3 unspecified atom stereocenters. The van der Waals surface area contributed by atoms with E-state index in [0.717, 1.165) is 0 Å². The summed E-state index contributed by atoms with van der Waals surface area (Å²) < 4.78 is 0. The molecule has 0 saturated carbocycles. The van der Waals surface area contributed by atoms with Crippen molar-refractivity contribution >= 4 is 11.3 Å². The molecule has 0 bridgehead atoms. The van der Waals surface area contributed by atoms with Crippen LogP contribution in [0.5, 0.6) is 0 Å². The Kier molecular flexibility index (Phi) is 4.17. The van der Waals surface area contributed by atoms with Crippen LogP contribution in [0.1, 0.15) is 43.3 Å². The van der Waals surface area contributed by atoms with E-state index in [2.05, 4.69) is 43.0 Å². The minimum absolute atomic E-state index is 0.433. The highest BCUT2D eigenvalue weighted by Gasteiger charge is 2.24. The molecule has 4 heteroatoms. The second-order valence-corrected chi connectivity index (χ2v) is 6.13. The number of nitrogens with zero attached hydrogens (tertiary/aromatic N) is 2. The Morgan fingerprint density at radius 2 is 2.35 bits per heavy atom. The first kappa shape index (κ1) is 13.0. The summed E-state index contributed by atoms with van der Waals surface area (Å²) in [7, 11) is 2.22. The Bertz CT molecular complexity index is 363. The first-order valence-electron chi connectivity index (χ1n) is 6.44. The molecule has 0 amide bonds. The monoisotopic (exact) mass is 253 g/mol. The molecule has 1 N–H and O–H groups in total. The minimum Gasteiger partial charge on any atom is -0.307 e. The van der Waals surface area contributed by atoms with E-state index in [1.54, 1.807) is 11.3 Å². The van der Waals surface area contributed by atoms with Crippen LogP contribution >= 0.6 is 11.3 Å². The number of hydrogen-bond acceptors (Lipinski definition) is 4. The van der Waals surface area contributed by atoms with Gasteiger partial charge < -0.3 is 10.2 Å². The Morgan fingerprint density at radius 3 is 2.94 bits per heavy atom. The minimum atomic E-state index is 0.433. The van der Waals surface area contributed by atoms with Crippen LogP contribution in [-0.4, -0.2) is 35.6 Å². The van der Waals surface area contributed by atoms with E-state index in [1.165, 1.54) is 30.0 Å². The van der Waals surface area contributed by atoms with Gasteiger partial charge in [-0.05, 0) is 47.2 Å². The Hall–Kier alpha value is -0.450. The summed E-state index contributed by atoms with van der Waals surface area (Å²) in [5.41, 5.74) is 3.12. The van der Waals surface area contributed by atoms with Crippen LogP contribution in [0.4, 0.5) is 0 Å². The number of aromatic nitrogens is 1. The number of rotatable bonds is 3. The lowest BCUT2D eigenvalue weighted by Gasteiger charge is -2.36. The zero-order chi connectivity index (χ0) is 12.4. The molecule has 96 valence electrons. The van der Waals surface area contributed by atoms with Gasteiger partial charge in [0.15, 0.2) is 0 Å². The average Bonchev–Trinajstić information content (AvgIpc) is 2.70. The summed E-state index contributed by atoms with van der Waals surface area (Å²) in [6.45, 7) is 7.87.